The highest BCUT2D eigenvalue weighted by Gasteiger charge is 2.13. The van der Waals surface area contributed by atoms with E-state index in [4.69, 9.17) is 11.6 Å². The monoisotopic (exact) mass is 323 g/mol. The zero-order valence-electron chi connectivity index (χ0n) is 12.2. The molecule has 2 aromatic rings. The summed E-state index contributed by atoms with van der Waals surface area (Å²) in [5.41, 5.74) is 0.466. The van der Waals surface area contributed by atoms with E-state index >= 15 is 0 Å². The largest absolute Gasteiger partial charge is 0.372 e. The van der Waals surface area contributed by atoms with E-state index in [1.165, 1.54) is 16.0 Å². The Hall–Kier alpha value is -1.59. The molecular weight excluding hydrogens is 306 g/mol. The summed E-state index contributed by atoms with van der Waals surface area (Å²) in [6.45, 7) is 4.07. The van der Waals surface area contributed by atoms with Crippen LogP contribution in [0, 0.1) is 6.92 Å². The van der Waals surface area contributed by atoms with E-state index in [0.29, 0.717) is 16.4 Å². The fourth-order valence-electron chi connectivity index (χ4n) is 2.00. The number of rotatable bonds is 5. The van der Waals surface area contributed by atoms with Crippen LogP contribution in [0.1, 0.15) is 27.0 Å². The number of pyridine rings is 1. The van der Waals surface area contributed by atoms with Crippen molar-refractivity contribution < 1.29 is 4.79 Å². The summed E-state index contributed by atoms with van der Waals surface area (Å²) in [5, 5.41) is 6.27. The average Bonchev–Trinajstić information content (AvgIpc) is 2.83. The van der Waals surface area contributed by atoms with Gasteiger partial charge in [-0.2, -0.15) is 0 Å². The molecule has 0 saturated heterocycles. The van der Waals surface area contributed by atoms with Gasteiger partial charge in [0.2, 0.25) is 0 Å². The van der Waals surface area contributed by atoms with Gasteiger partial charge in [0.25, 0.3) is 5.91 Å². The summed E-state index contributed by atoms with van der Waals surface area (Å²) in [6, 6.07) is 5.87. The second-order valence-corrected chi connectivity index (χ2v) is 6.68. The van der Waals surface area contributed by atoms with Crippen LogP contribution in [-0.2, 0) is 6.42 Å². The molecule has 6 heteroatoms. The molecule has 0 aliphatic heterocycles. The fourth-order valence-corrected chi connectivity index (χ4v) is 3.28. The van der Waals surface area contributed by atoms with E-state index in [9.17, 15) is 4.79 Å². The van der Waals surface area contributed by atoms with Gasteiger partial charge in [0.1, 0.15) is 5.82 Å². The SMILES string of the molecule is CNc1ncc(C(=O)NC(C)Cc2ccc(C)s2)cc1Cl. The Bertz CT molecular complexity index is 642. The lowest BCUT2D eigenvalue weighted by molar-refractivity contribution is 0.0940. The molecule has 4 nitrogen and oxygen atoms in total. The number of amides is 1. The van der Waals surface area contributed by atoms with Gasteiger partial charge in [-0.15, -0.1) is 11.3 Å². The zero-order valence-corrected chi connectivity index (χ0v) is 13.8. The van der Waals surface area contributed by atoms with Crippen molar-refractivity contribution >= 4 is 34.7 Å². The quantitative estimate of drug-likeness (QED) is 0.885. The van der Waals surface area contributed by atoms with Crippen LogP contribution in [0.2, 0.25) is 5.02 Å². The summed E-state index contributed by atoms with van der Waals surface area (Å²) < 4.78 is 0. The Morgan fingerprint density at radius 2 is 2.24 bits per heavy atom. The van der Waals surface area contributed by atoms with Crippen molar-refractivity contribution in [1.82, 2.24) is 10.3 Å². The third kappa shape index (κ3) is 4.19. The van der Waals surface area contributed by atoms with Crippen LogP contribution in [0.25, 0.3) is 0 Å². The van der Waals surface area contributed by atoms with Crippen molar-refractivity contribution in [3.8, 4) is 0 Å². The highest BCUT2D eigenvalue weighted by molar-refractivity contribution is 7.11. The second-order valence-electron chi connectivity index (χ2n) is 4.90. The number of anilines is 1. The van der Waals surface area contributed by atoms with Crippen molar-refractivity contribution in [1.29, 1.82) is 0 Å². The molecule has 21 heavy (non-hydrogen) atoms. The van der Waals surface area contributed by atoms with Crippen molar-refractivity contribution in [3.63, 3.8) is 0 Å². The Morgan fingerprint density at radius 1 is 1.48 bits per heavy atom. The number of hydrogen-bond acceptors (Lipinski definition) is 4. The van der Waals surface area contributed by atoms with Gasteiger partial charge in [0.15, 0.2) is 0 Å². The summed E-state index contributed by atoms with van der Waals surface area (Å²) in [4.78, 5) is 18.8. The van der Waals surface area contributed by atoms with Gasteiger partial charge in [0, 0.05) is 35.5 Å². The van der Waals surface area contributed by atoms with Gasteiger partial charge in [0.05, 0.1) is 10.6 Å². The number of carbonyl (C=O) groups excluding carboxylic acids is 1. The minimum absolute atomic E-state index is 0.0540. The third-order valence-electron chi connectivity index (χ3n) is 3.02. The number of aromatic nitrogens is 1. The topological polar surface area (TPSA) is 54.0 Å². The molecule has 0 aromatic carbocycles. The van der Waals surface area contributed by atoms with E-state index in [0.717, 1.165) is 6.42 Å². The number of thiophene rings is 1. The first kappa shape index (κ1) is 15.8. The molecule has 1 atom stereocenters. The molecule has 0 bridgehead atoms. The van der Waals surface area contributed by atoms with Crippen LogP contribution in [0.3, 0.4) is 0 Å². The highest BCUT2D eigenvalue weighted by atomic mass is 35.5. The Labute approximate surface area is 133 Å². The average molecular weight is 324 g/mol. The number of nitrogens with zero attached hydrogens (tertiary/aromatic N) is 1. The summed E-state index contributed by atoms with van der Waals surface area (Å²) in [7, 11) is 1.74. The fraction of sp³-hybridized carbons (Fsp3) is 0.333. The maximum absolute atomic E-state index is 12.2. The maximum atomic E-state index is 12.2. The number of hydrogen-bond donors (Lipinski definition) is 2. The molecular formula is C15H18ClN3OS. The minimum Gasteiger partial charge on any atom is -0.372 e. The van der Waals surface area contributed by atoms with E-state index in [-0.39, 0.29) is 11.9 Å². The smallest absolute Gasteiger partial charge is 0.253 e. The Morgan fingerprint density at radius 3 is 2.81 bits per heavy atom. The molecule has 0 spiro atoms. The highest BCUT2D eigenvalue weighted by Crippen LogP contribution is 2.20. The predicted molar refractivity (Wildman–Crippen MR) is 88.5 cm³/mol. The van der Waals surface area contributed by atoms with E-state index in [1.807, 2.05) is 6.92 Å². The van der Waals surface area contributed by atoms with Crippen molar-refractivity contribution in [2.45, 2.75) is 26.3 Å². The van der Waals surface area contributed by atoms with Crippen molar-refractivity contribution in [2.75, 3.05) is 12.4 Å². The van der Waals surface area contributed by atoms with Crippen LogP contribution >= 0.6 is 22.9 Å². The van der Waals surface area contributed by atoms with Crippen LogP contribution in [-0.4, -0.2) is 24.0 Å². The van der Waals surface area contributed by atoms with E-state index in [2.05, 4.69) is 34.7 Å². The zero-order chi connectivity index (χ0) is 15.4. The predicted octanol–water partition coefficient (Wildman–Crippen LogP) is 3.51. The molecule has 0 aliphatic rings. The molecule has 2 rings (SSSR count). The number of aryl methyl sites for hydroxylation is 1. The van der Waals surface area contributed by atoms with Crippen LogP contribution in [0.5, 0.6) is 0 Å². The molecule has 112 valence electrons. The first-order chi connectivity index (χ1) is 9.99. The molecule has 0 radical (unpaired) electrons. The first-order valence-electron chi connectivity index (χ1n) is 6.69. The van der Waals surface area contributed by atoms with Crippen LogP contribution in [0.4, 0.5) is 5.82 Å². The first-order valence-corrected chi connectivity index (χ1v) is 7.88. The molecule has 1 unspecified atom stereocenters. The summed E-state index contributed by atoms with van der Waals surface area (Å²) >= 11 is 7.79. The lowest BCUT2D eigenvalue weighted by Gasteiger charge is -2.13. The van der Waals surface area contributed by atoms with Crippen molar-refractivity contribution in [2.24, 2.45) is 0 Å². The molecule has 0 aliphatic carbocycles. The second kappa shape index (κ2) is 6.91. The standard InChI is InChI=1S/C15H18ClN3OS/c1-9(6-12-5-4-10(2)21-12)19-15(20)11-7-13(16)14(17-3)18-8-11/h4-5,7-9H,6H2,1-3H3,(H,17,18)(H,19,20). The van der Waals surface area contributed by atoms with E-state index < -0.39 is 0 Å². The third-order valence-corrected chi connectivity index (χ3v) is 4.33. The molecule has 2 N–H and O–H groups in total. The summed E-state index contributed by atoms with van der Waals surface area (Å²) in [5.74, 6) is 0.406. The Kier molecular flexibility index (Phi) is 5.20. The molecule has 2 heterocycles. The van der Waals surface area contributed by atoms with Gasteiger partial charge in [-0.3, -0.25) is 4.79 Å². The number of nitrogens with one attached hydrogen (secondary N) is 2. The van der Waals surface area contributed by atoms with Crippen molar-refractivity contribution in [3.05, 3.63) is 44.7 Å². The number of halogens is 1. The summed E-state index contributed by atoms with van der Waals surface area (Å²) in [6.07, 6.45) is 2.34. The number of carbonyl (C=O) groups is 1. The maximum Gasteiger partial charge on any atom is 0.253 e. The molecule has 0 fully saturated rings. The minimum atomic E-state index is -0.159. The van der Waals surface area contributed by atoms with Gasteiger partial charge in [-0.05, 0) is 32.0 Å². The van der Waals surface area contributed by atoms with Gasteiger partial charge >= 0.3 is 0 Å². The van der Waals surface area contributed by atoms with E-state index in [1.54, 1.807) is 24.5 Å². The van der Waals surface area contributed by atoms with Gasteiger partial charge < -0.3 is 10.6 Å². The lowest BCUT2D eigenvalue weighted by Crippen LogP contribution is -2.34. The van der Waals surface area contributed by atoms with Crippen LogP contribution in [0.15, 0.2) is 24.4 Å². The molecule has 2 aromatic heterocycles. The molecule has 1 amide bonds. The lowest BCUT2D eigenvalue weighted by atomic mass is 10.2. The van der Waals surface area contributed by atoms with Gasteiger partial charge in [-0.1, -0.05) is 11.6 Å². The van der Waals surface area contributed by atoms with Gasteiger partial charge in [-0.25, -0.2) is 4.98 Å². The molecule has 0 saturated carbocycles. The normalized spacial score (nSPS) is 12.0. The van der Waals surface area contributed by atoms with Crippen LogP contribution < -0.4 is 10.6 Å². The Balaban J connectivity index is 1.98.